The minimum absolute atomic E-state index is 0.0348. The Morgan fingerprint density at radius 2 is 1.80 bits per heavy atom. The summed E-state index contributed by atoms with van der Waals surface area (Å²) >= 11 is 0. The summed E-state index contributed by atoms with van der Waals surface area (Å²) < 4.78 is 11.6. The van der Waals surface area contributed by atoms with Gasteiger partial charge in [0.1, 0.15) is 17.6 Å². The van der Waals surface area contributed by atoms with Gasteiger partial charge in [0.2, 0.25) is 5.91 Å². The predicted octanol–water partition coefficient (Wildman–Crippen LogP) is 3.54. The molecule has 0 spiro atoms. The van der Waals surface area contributed by atoms with Crippen LogP contribution in [0.2, 0.25) is 0 Å². The summed E-state index contributed by atoms with van der Waals surface area (Å²) in [5, 5.41) is 18.3. The van der Waals surface area contributed by atoms with E-state index in [0.717, 1.165) is 0 Å². The van der Waals surface area contributed by atoms with Crippen LogP contribution in [0.1, 0.15) is 33.3 Å². The fourth-order valence-corrected chi connectivity index (χ4v) is 4.40. The quantitative estimate of drug-likeness (QED) is 0.394. The first-order valence-corrected chi connectivity index (χ1v) is 13.4. The van der Waals surface area contributed by atoms with E-state index >= 15 is 0 Å². The number of amides is 5. The number of methoxy groups -OCH3 is 1. The highest BCUT2D eigenvalue weighted by Crippen LogP contribution is 2.29. The molecule has 0 fully saturated rings. The third kappa shape index (κ3) is 8.25. The van der Waals surface area contributed by atoms with Crippen molar-refractivity contribution in [1.29, 1.82) is 0 Å². The molecule has 3 rings (SSSR count). The van der Waals surface area contributed by atoms with Gasteiger partial charge in [0.05, 0.1) is 32.7 Å². The van der Waals surface area contributed by atoms with Gasteiger partial charge in [-0.05, 0) is 63.2 Å². The second kappa shape index (κ2) is 13.9. The van der Waals surface area contributed by atoms with Crippen molar-refractivity contribution in [1.82, 2.24) is 15.1 Å². The smallest absolute Gasteiger partial charge is 0.321 e. The van der Waals surface area contributed by atoms with E-state index in [2.05, 4.69) is 16.0 Å². The number of carbonyl (C=O) groups excluding carboxylic acids is 3. The molecule has 0 radical (unpaired) electrons. The summed E-state index contributed by atoms with van der Waals surface area (Å²) in [6.07, 6.45) is -0.429. The summed E-state index contributed by atoms with van der Waals surface area (Å²) in [6, 6.07) is 11.1. The number of hydrogen-bond donors (Lipinski definition) is 4. The number of fused-ring (bicyclic) bond motifs is 1. The molecule has 4 N–H and O–H groups in total. The third-order valence-electron chi connectivity index (χ3n) is 6.74. The van der Waals surface area contributed by atoms with Crippen LogP contribution >= 0.6 is 0 Å². The van der Waals surface area contributed by atoms with Gasteiger partial charge in [-0.3, -0.25) is 4.79 Å². The zero-order valence-corrected chi connectivity index (χ0v) is 24.1. The monoisotopic (exact) mass is 555 g/mol. The van der Waals surface area contributed by atoms with Crippen molar-refractivity contribution in [3.05, 3.63) is 48.0 Å². The molecule has 11 nitrogen and oxygen atoms in total. The van der Waals surface area contributed by atoms with Crippen molar-refractivity contribution >= 4 is 29.3 Å². The second-order valence-electron chi connectivity index (χ2n) is 10.5. The van der Waals surface area contributed by atoms with E-state index < -0.39 is 12.1 Å². The van der Waals surface area contributed by atoms with Gasteiger partial charge in [-0.1, -0.05) is 6.92 Å². The van der Waals surface area contributed by atoms with E-state index in [1.807, 2.05) is 20.8 Å². The number of nitrogens with zero attached hydrogens (tertiary/aromatic N) is 2. The lowest BCUT2D eigenvalue weighted by Gasteiger charge is -2.34. The molecule has 1 aliphatic rings. The molecule has 2 aromatic rings. The van der Waals surface area contributed by atoms with E-state index in [4.69, 9.17) is 9.47 Å². The number of urea groups is 2. The average molecular weight is 556 g/mol. The average Bonchev–Trinajstić information content (AvgIpc) is 2.95. The van der Waals surface area contributed by atoms with Crippen molar-refractivity contribution < 1.29 is 29.0 Å². The zero-order chi connectivity index (χ0) is 29.4. The van der Waals surface area contributed by atoms with Crippen LogP contribution in [0.3, 0.4) is 0 Å². The Bertz CT molecular complexity index is 1170. The molecule has 1 heterocycles. The van der Waals surface area contributed by atoms with E-state index in [9.17, 15) is 19.5 Å². The van der Waals surface area contributed by atoms with Gasteiger partial charge in [-0.25, -0.2) is 9.59 Å². The predicted molar refractivity (Wildman–Crippen MR) is 154 cm³/mol. The van der Waals surface area contributed by atoms with Crippen molar-refractivity contribution in [2.24, 2.45) is 5.92 Å². The molecule has 0 bridgehead atoms. The van der Waals surface area contributed by atoms with E-state index in [-0.39, 0.29) is 49.5 Å². The highest BCUT2D eigenvalue weighted by atomic mass is 16.5. The van der Waals surface area contributed by atoms with Gasteiger partial charge >= 0.3 is 12.1 Å². The molecule has 0 saturated heterocycles. The minimum Gasteiger partial charge on any atom is -0.497 e. The molecular formula is C29H41N5O6. The van der Waals surface area contributed by atoms with Crippen LogP contribution in [0, 0.1) is 5.92 Å². The number of anilines is 2. The van der Waals surface area contributed by atoms with E-state index in [0.29, 0.717) is 35.0 Å². The molecule has 11 heteroatoms. The van der Waals surface area contributed by atoms with Crippen LogP contribution in [0.15, 0.2) is 42.5 Å². The summed E-state index contributed by atoms with van der Waals surface area (Å²) in [5.74, 6) is 0.860. The molecular weight excluding hydrogens is 514 g/mol. The third-order valence-corrected chi connectivity index (χ3v) is 6.74. The Hall–Kier alpha value is -3.99. The van der Waals surface area contributed by atoms with Crippen molar-refractivity contribution in [3.63, 3.8) is 0 Å². The fourth-order valence-electron chi connectivity index (χ4n) is 4.40. The fraction of sp³-hybridized carbons (Fsp3) is 0.483. The largest absolute Gasteiger partial charge is 0.497 e. The number of ether oxygens (including phenoxy) is 2. The zero-order valence-electron chi connectivity index (χ0n) is 24.1. The lowest BCUT2D eigenvalue weighted by Crippen LogP contribution is -2.48. The Morgan fingerprint density at radius 3 is 2.42 bits per heavy atom. The van der Waals surface area contributed by atoms with Gasteiger partial charge in [0, 0.05) is 42.5 Å². The summed E-state index contributed by atoms with van der Waals surface area (Å²) in [7, 11) is 3.26. The number of carbonyl (C=O) groups is 3. The number of benzene rings is 2. The SMILES string of the molecule is COc1ccc(NC(=O)N(C)C[C@@H]2Oc3ccc(NC(=O)NC(C)C)cc3CC(=O)N([C@@H](C)CO)C[C@H]2C)cc1. The van der Waals surface area contributed by atoms with Crippen LogP contribution in [0.25, 0.3) is 0 Å². The van der Waals surface area contributed by atoms with E-state index in [1.54, 1.807) is 68.4 Å². The van der Waals surface area contributed by atoms with Crippen molar-refractivity contribution in [3.8, 4) is 11.5 Å². The molecule has 3 atom stereocenters. The van der Waals surface area contributed by atoms with Crippen LogP contribution < -0.4 is 25.4 Å². The molecule has 0 saturated carbocycles. The van der Waals surface area contributed by atoms with E-state index in [1.165, 1.54) is 4.90 Å². The van der Waals surface area contributed by atoms with Crippen molar-refractivity contribution in [2.75, 3.05) is 44.5 Å². The molecule has 0 unspecified atom stereocenters. The van der Waals surface area contributed by atoms with Crippen LogP contribution in [-0.2, 0) is 11.2 Å². The Balaban J connectivity index is 1.84. The molecule has 1 aliphatic heterocycles. The summed E-state index contributed by atoms with van der Waals surface area (Å²) in [4.78, 5) is 41.8. The van der Waals surface area contributed by atoms with Crippen LogP contribution in [-0.4, -0.2) is 84.9 Å². The number of likely N-dealkylation sites (N-methyl/N-ethyl adjacent to an activating group) is 1. The van der Waals surface area contributed by atoms with Gasteiger partial charge < -0.3 is 40.3 Å². The number of aliphatic hydroxyl groups is 1. The van der Waals surface area contributed by atoms with Gasteiger partial charge in [-0.15, -0.1) is 0 Å². The van der Waals surface area contributed by atoms with Gasteiger partial charge in [0.15, 0.2) is 0 Å². The number of rotatable bonds is 8. The molecule has 0 aliphatic carbocycles. The molecule has 40 heavy (non-hydrogen) atoms. The highest BCUT2D eigenvalue weighted by Gasteiger charge is 2.32. The lowest BCUT2D eigenvalue weighted by molar-refractivity contribution is -0.134. The Kier molecular flexibility index (Phi) is 10.6. The number of nitrogens with one attached hydrogen (secondary N) is 3. The first-order chi connectivity index (χ1) is 19.0. The lowest BCUT2D eigenvalue weighted by atomic mass is 10.0. The molecule has 0 aromatic heterocycles. The topological polar surface area (TPSA) is 132 Å². The molecule has 2 aromatic carbocycles. The molecule has 5 amide bonds. The number of hydrogen-bond acceptors (Lipinski definition) is 6. The Labute approximate surface area is 235 Å². The summed E-state index contributed by atoms with van der Waals surface area (Å²) in [6.45, 7) is 7.89. The minimum atomic E-state index is -0.465. The van der Waals surface area contributed by atoms with Gasteiger partial charge in [-0.2, -0.15) is 0 Å². The normalized spacial score (nSPS) is 17.9. The highest BCUT2D eigenvalue weighted by molar-refractivity contribution is 5.90. The second-order valence-corrected chi connectivity index (χ2v) is 10.5. The molecule has 218 valence electrons. The summed E-state index contributed by atoms with van der Waals surface area (Å²) in [5.41, 5.74) is 1.75. The standard InChI is InChI=1S/C29H41N5O6/c1-18(2)30-28(37)31-23-9-12-25-21(13-23)14-27(36)34(20(4)17-35)15-19(3)26(40-25)16-33(5)29(38)32-22-7-10-24(39-6)11-8-22/h7-13,18-20,26,35H,14-17H2,1-6H3,(H,32,38)(H2,30,31,37)/t19-,20+,26+/m1/s1. The first kappa shape index (κ1) is 30.6. The van der Waals surface area contributed by atoms with Crippen LogP contribution in [0.5, 0.6) is 11.5 Å². The maximum absolute atomic E-state index is 13.4. The maximum atomic E-state index is 13.4. The first-order valence-electron chi connectivity index (χ1n) is 13.4. The van der Waals surface area contributed by atoms with Gasteiger partial charge in [0.25, 0.3) is 0 Å². The maximum Gasteiger partial charge on any atom is 0.321 e. The number of aliphatic hydroxyl groups excluding tert-OH is 1. The van der Waals surface area contributed by atoms with Crippen molar-refractivity contribution in [2.45, 2.75) is 52.3 Å². The van der Waals surface area contributed by atoms with Crippen LogP contribution in [0.4, 0.5) is 21.0 Å². The Morgan fingerprint density at radius 1 is 1.12 bits per heavy atom.